The van der Waals surface area contributed by atoms with Crippen LogP contribution in [-0.4, -0.2) is 15.7 Å². The first kappa shape index (κ1) is 15.3. The van der Waals surface area contributed by atoms with Crippen molar-refractivity contribution in [3.05, 3.63) is 47.8 Å². The predicted molar refractivity (Wildman–Crippen MR) is 85.4 cm³/mol. The average molecular weight is 285 g/mol. The maximum atomic E-state index is 12.2. The van der Waals surface area contributed by atoms with Gasteiger partial charge < -0.3 is 5.32 Å². The molecule has 0 aliphatic heterocycles. The molecule has 0 bridgehead atoms. The molecule has 0 saturated carbocycles. The SMILES string of the molecule is Cn1cc(C(=O)Nc2ccccc2CCC(C)(C)C)cn1. The Bertz CT molecular complexity index is 623. The van der Waals surface area contributed by atoms with Gasteiger partial charge in [-0.1, -0.05) is 39.0 Å². The quantitative estimate of drug-likeness (QED) is 0.932. The Morgan fingerprint density at radius 3 is 2.62 bits per heavy atom. The van der Waals surface area contributed by atoms with Gasteiger partial charge in [-0.15, -0.1) is 0 Å². The number of carbonyl (C=O) groups is 1. The van der Waals surface area contributed by atoms with Crippen molar-refractivity contribution in [2.45, 2.75) is 33.6 Å². The van der Waals surface area contributed by atoms with Crippen molar-refractivity contribution < 1.29 is 4.79 Å². The summed E-state index contributed by atoms with van der Waals surface area (Å²) in [6.07, 6.45) is 5.32. The number of benzene rings is 1. The molecule has 0 spiro atoms. The lowest BCUT2D eigenvalue weighted by Crippen LogP contribution is -2.13. The van der Waals surface area contributed by atoms with Crippen LogP contribution < -0.4 is 5.32 Å². The molecular formula is C17H23N3O. The van der Waals surface area contributed by atoms with Gasteiger partial charge in [-0.05, 0) is 29.9 Å². The molecule has 0 radical (unpaired) electrons. The Kier molecular flexibility index (Phi) is 4.46. The Morgan fingerprint density at radius 2 is 2.00 bits per heavy atom. The van der Waals surface area contributed by atoms with Crippen LogP contribution in [-0.2, 0) is 13.5 Å². The highest BCUT2D eigenvalue weighted by atomic mass is 16.1. The van der Waals surface area contributed by atoms with E-state index >= 15 is 0 Å². The zero-order chi connectivity index (χ0) is 15.5. The van der Waals surface area contributed by atoms with Crippen molar-refractivity contribution in [2.75, 3.05) is 5.32 Å². The molecule has 1 amide bonds. The van der Waals surface area contributed by atoms with Gasteiger partial charge in [-0.2, -0.15) is 5.10 Å². The summed E-state index contributed by atoms with van der Waals surface area (Å²) >= 11 is 0. The first-order valence-corrected chi connectivity index (χ1v) is 7.23. The minimum Gasteiger partial charge on any atom is -0.322 e. The van der Waals surface area contributed by atoms with Crippen LogP contribution in [0.1, 0.15) is 43.1 Å². The van der Waals surface area contributed by atoms with Crippen LogP contribution in [0.2, 0.25) is 0 Å². The fourth-order valence-corrected chi connectivity index (χ4v) is 2.10. The number of aromatic nitrogens is 2. The van der Waals surface area contributed by atoms with Gasteiger partial charge in [0.25, 0.3) is 5.91 Å². The summed E-state index contributed by atoms with van der Waals surface area (Å²) < 4.78 is 1.63. The summed E-state index contributed by atoms with van der Waals surface area (Å²) in [4.78, 5) is 12.2. The van der Waals surface area contributed by atoms with Gasteiger partial charge in [-0.25, -0.2) is 0 Å². The molecule has 0 fully saturated rings. The van der Waals surface area contributed by atoms with Crippen LogP contribution in [0, 0.1) is 5.41 Å². The number of para-hydroxylation sites is 1. The van der Waals surface area contributed by atoms with Crippen molar-refractivity contribution >= 4 is 11.6 Å². The molecule has 0 aliphatic carbocycles. The highest BCUT2D eigenvalue weighted by Gasteiger charge is 2.14. The van der Waals surface area contributed by atoms with Crippen LogP contribution in [0.25, 0.3) is 0 Å². The number of amides is 1. The van der Waals surface area contributed by atoms with Crippen molar-refractivity contribution in [1.29, 1.82) is 0 Å². The Balaban J connectivity index is 2.11. The molecule has 0 unspecified atom stereocenters. The summed E-state index contributed by atoms with van der Waals surface area (Å²) in [5.41, 5.74) is 2.91. The van der Waals surface area contributed by atoms with Crippen molar-refractivity contribution in [3.8, 4) is 0 Å². The maximum absolute atomic E-state index is 12.2. The number of hydrogen-bond acceptors (Lipinski definition) is 2. The summed E-state index contributed by atoms with van der Waals surface area (Å²) in [6, 6.07) is 7.98. The zero-order valence-electron chi connectivity index (χ0n) is 13.2. The van der Waals surface area contributed by atoms with E-state index in [9.17, 15) is 4.79 Å². The summed E-state index contributed by atoms with van der Waals surface area (Å²) in [5.74, 6) is -0.119. The van der Waals surface area contributed by atoms with E-state index < -0.39 is 0 Å². The van der Waals surface area contributed by atoms with Crippen molar-refractivity contribution in [1.82, 2.24) is 9.78 Å². The molecule has 4 nitrogen and oxygen atoms in total. The second-order valence-electron chi connectivity index (χ2n) is 6.57. The molecule has 0 aliphatic rings. The zero-order valence-corrected chi connectivity index (χ0v) is 13.2. The molecule has 0 atom stereocenters. The fourth-order valence-electron chi connectivity index (χ4n) is 2.10. The van der Waals surface area contributed by atoms with E-state index in [0.717, 1.165) is 18.5 Å². The molecule has 4 heteroatoms. The minimum absolute atomic E-state index is 0.119. The number of nitrogens with zero attached hydrogens (tertiary/aromatic N) is 2. The summed E-state index contributed by atoms with van der Waals surface area (Å²) in [7, 11) is 1.80. The molecule has 1 aromatic heterocycles. The lowest BCUT2D eigenvalue weighted by molar-refractivity contribution is 0.102. The van der Waals surface area contributed by atoms with Crippen LogP contribution in [0.15, 0.2) is 36.7 Å². The van der Waals surface area contributed by atoms with E-state index in [1.807, 2.05) is 18.2 Å². The third-order valence-electron chi connectivity index (χ3n) is 3.38. The number of nitrogens with one attached hydrogen (secondary N) is 1. The van der Waals surface area contributed by atoms with Crippen LogP contribution in [0.3, 0.4) is 0 Å². The van der Waals surface area contributed by atoms with E-state index in [1.165, 1.54) is 5.56 Å². The van der Waals surface area contributed by atoms with Crippen LogP contribution in [0.5, 0.6) is 0 Å². The normalized spacial score (nSPS) is 11.4. The van der Waals surface area contributed by atoms with Crippen molar-refractivity contribution in [2.24, 2.45) is 12.5 Å². The molecule has 112 valence electrons. The molecule has 2 rings (SSSR count). The van der Waals surface area contributed by atoms with Gasteiger partial charge in [-0.3, -0.25) is 9.48 Å². The lowest BCUT2D eigenvalue weighted by atomic mass is 9.88. The third-order valence-corrected chi connectivity index (χ3v) is 3.38. The Labute approximate surface area is 126 Å². The van der Waals surface area contributed by atoms with Gasteiger partial charge in [0, 0.05) is 18.9 Å². The number of rotatable bonds is 4. The van der Waals surface area contributed by atoms with E-state index in [0.29, 0.717) is 5.56 Å². The maximum Gasteiger partial charge on any atom is 0.258 e. The van der Waals surface area contributed by atoms with Crippen LogP contribution >= 0.6 is 0 Å². The molecular weight excluding hydrogens is 262 g/mol. The lowest BCUT2D eigenvalue weighted by Gasteiger charge is -2.19. The van der Waals surface area contributed by atoms with E-state index in [4.69, 9.17) is 0 Å². The molecule has 1 aromatic carbocycles. The summed E-state index contributed by atoms with van der Waals surface area (Å²) in [6.45, 7) is 6.68. The Morgan fingerprint density at radius 1 is 1.29 bits per heavy atom. The van der Waals surface area contributed by atoms with E-state index in [-0.39, 0.29) is 11.3 Å². The monoisotopic (exact) mass is 285 g/mol. The van der Waals surface area contributed by atoms with Crippen LogP contribution in [0.4, 0.5) is 5.69 Å². The fraction of sp³-hybridized carbons (Fsp3) is 0.412. The number of anilines is 1. The number of hydrogen-bond donors (Lipinski definition) is 1. The molecule has 1 heterocycles. The second kappa shape index (κ2) is 6.12. The topological polar surface area (TPSA) is 46.9 Å². The molecule has 2 aromatic rings. The number of aryl methyl sites for hydroxylation is 2. The standard InChI is InChI=1S/C17H23N3O/c1-17(2,3)10-9-13-7-5-6-8-15(13)19-16(21)14-11-18-20(4)12-14/h5-8,11-12H,9-10H2,1-4H3,(H,19,21). The van der Waals surface area contributed by atoms with Gasteiger partial charge >= 0.3 is 0 Å². The molecule has 0 saturated heterocycles. The van der Waals surface area contributed by atoms with Crippen molar-refractivity contribution in [3.63, 3.8) is 0 Å². The second-order valence-corrected chi connectivity index (χ2v) is 6.57. The van der Waals surface area contributed by atoms with E-state index in [1.54, 1.807) is 24.1 Å². The summed E-state index contributed by atoms with van der Waals surface area (Å²) in [5, 5.41) is 7.01. The first-order valence-electron chi connectivity index (χ1n) is 7.23. The van der Waals surface area contributed by atoms with Gasteiger partial charge in [0.15, 0.2) is 0 Å². The smallest absolute Gasteiger partial charge is 0.258 e. The average Bonchev–Trinajstić information content (AvgIpc) is 2.83. The minimum atomic E-state index is -0.119. The Hall–Kier alpha value is -2.10. The molecule has 21 heavy (non-hydrogen) atoms. The first-order chi connectivity index (χ1) is 9.85. The highest BCUT2D eigenvalue weighted by Crippen LogP contribution is 2.25. The third kappa shape index (κ3) is 4.45. The number of carbonyl (C=O) groups excluding carboxylic acids is 1. The highest BCUT2D eigenvalue weighted by molar-refractivity contribution is 6.04. The van der Waals surface area contributed by atoms with Gasteiger partial charge in [0.1, 0.15) is 0 Å². The predicted octanol–water partition coefficient (Wildman–Crippen LogP) is 3.65. The molecule has 1 N–H and O–H groups in total. The van der Waals surface area contributed by atoms with Gasteiger partial charge in [0.05, 0.1) is 11.8 Å². The van der Waals surface area contributed by atoms with Gasteiger partial charge in [0.2, 0.25) is 0 Å². The largest absolute Gasteiger partial charge is 0.322 e. The van der Waals surface area contributed by atoms with E-state index in [2.05, 4.69) is 37.3 Å².